The van der Waals surface area contributed by atoms with Crippen LogP contribution in [0.4, 0.5) is 5.69 Å². The maximum Gasteiger partial charge on any atom is 0.220 e. The lowest BCUT2D eigenvalue weighted by atomic mass is 9.87. The van der Waals surface area contributed by atoms with Gasteiger partial charge in [-0.3, -0.25) is 4.90 Å². The molecule has 9 heteroatoms. The van der Waals surface area contributed by atoms with Gasteiger partial charge >= 0.3 is 0 Å². The number of aliphatic imine (C=N–C) groups is 2. The predicted molar refractivity (Wildman–Crippen MR) is 103 cm³/mol. The molecular weight excluding hydrogens is 406 g/mol. The van der Waals surface area contributed by atoms with E-state index in [4.69, 9.17) is 11.5 Å². The van der Waals surface area contributed by atoms with Crippen molar-refractivity contribution in [2.24, 2.45) is 21.5 Å². The molecule has 2 aliphatic rings. The third-order valence-electron chi connectivity index (χ3n) is 4.75. The Kier molecular flexibility index (Phi) is 4.80. The summed E-state index contributed by atoms with van der Waals surface area (Å²) in [5.74, 6) is 0.443. The van der Waals surface area contributed by atoms with Crippen LogP contribution in [0.25, 0.3) is 0 Å². The van der Waals surface area contributed by atoms with Crippen LogP contribution in [0.15, 0.2) is 37.6 Å². The zero-order chi connectivity index (χ0) is 18.2. The van der Waals surface area contributed by atoms with Crippen LogP contribution in [0.3, 0.4) is 0 Å². The Labute approximate surface area is 156 Å². The Morgan fingerprint density at radius 3 is 2.56 bits per heavy atom. The largest absolute Gasteiger partial charge is 0.369 e. The molecule has 136 valence electrons. The maximum absolute atomic E-state index is 12.3. The Morgan fingerprint density at radius 2 is 1.92 bits per heavy atom. The molecule has 3 rings (SSSR count). The van der Waals surface area contributed by atoms with E-state index in [1.807, 2.05) is 4.90 Å². The molecule has 0 unspecified atom stereocenters. The number of benzene rings is 1. The van der Waals surface area contributed by atoms with Gasteiger partial charge in [-0.2, -0.15) is 4.99 Å². The van der Waals surface area contributed by atoms with Gasteiger partial charge in [0.1, 0.15) is 5.66 Å². The molecule has 1 spiro atoms. The SMILES string of the molecule is CCS(=O)(=O)c1ccc(Br)c(N2C(N)=NC(N)=NC23CCCCC3)c1. The first-order valence-electron chi connectivity index (χ1n) is 8.31. The Balaban J connectivity index is 2.16. The van der Waals surface area contributed by atoms with E-state index in [9.17, 15) is 8.42 Å². The van der Waals surface area contributed by atoms with Crippen molar-refractivity contribution >= 4 is 43.4 Å². The van der Waals surface area contributed by atoms with Gasteiger partial charge in [-0.25, -0.2) is 13.4 Å². The van der Waals surface area contributed by atoms with Crippen LogP contribution >= 0.6 is 15.9 Å². The topological polar surface area (TPSA) is 114 Å². The molecule has 1 heterocycles. The summed E-state index contributed by atoms with van der Waals surface area (Å²) in [6.07, 6.45) is 4.73. The van der Waals surface area contributed by atoms with Crippen molar-refractivity contribution in [3.05, 3.63) is 22.7 Å². The lowest BCUT2D eigenvalue weighted by Crippen LogP contribution is -2.58. The predicted octanol–water partition coefficient (Wildman–Crippen LogP) is 2.35. The number of nitrogens with two attached hydrogens (primary N) is 2. The number of guanidine groups is 2. The first kappa shape index (κ1) is 18.2. The minimum Gasteiger partial charge on any atom is -0.369 e. The van der Waals surface area contributed by atoms with Crippen molar-refractivity contribution in [1.82, 2.24) is 0 Å². The van der Waals surface area contributed by atoms with Crippen molar-refractivity contribution in [2.75, 3.05) is 10.7 Å². The monoisotopic (exact) mass is 427 g/mol. The summed E-state index contributed by atoms with van der Waals surface area (Å²) in [5, 5.41) is 0. The number of halogens is 1. The number of hydrogen-bond donors (Lipinski definition) is 2. The molecule has 1 aromatic carbocycles. The average Bonchev–Trinajstić information content (AvgIpc) is 2.56. The molecule has 1 saturated carbocycles. The van der Waals surface area contributed by atoms with Gasteiger partial charge in [-0.1, -0.05) is 13.3 Å². The standard InChI is InChI=1S/C16H22BrN5O2S/c1-2-25(23,24)11-6-7-12(17)13(10-11)22-15(19)20-14(18)21-16(22)8-4-3-5-9-16/h6-7,10H,2-5,8-9H2,1H3,(H4,18,19,20,21). The van der Waals surface area contributed by atoms with E-state index in [0.717, 1.165) is 36.6 Å². The van der Waals surface area contributed by atoms with Gasteiger partial charge in [0.05, 0.1) is 16.3 Å². The molecule has 1 aromatic rings. The highest BCUT2D eigenvalue weighted by atomic mass is 79.9. The summed E-state index contributed by atoms with van der Waals surface area (Å²) in [7, 11) is -3.34. The molecule has 1 aliphatic heterocycles. The molecule has 0 radical (unpaired) electrons. The highest BCUT2D eigenvalue weighted by molar-refractivity contribution is 9.10. The van der Waals surface area contributed by atoms with E-state index in [-0.39, 0.29) is 22.6 Å². The molecule has 0 saturated heterocycles. The third kappa shape index (κ3) is 3.27. The molecule has 1 fully saturated rings. The van der Waals surface area contributed by atoms with Gasteiger partial charge in [0.2, 0.25) is 11.9 Å². The normalized spacial score (nSPS) is 20.3. The van der Waals surface area contributed by atoms with Crippen LogP contribution < -0.4 is 16.4 Å². The first-order valence-corrected chi connectivity index (χ1v) is 10.8. The zero-order valence-electron chi connectivity index (χ0n) is 14.1. The van der Waals surface area contributed by atoms with Gasteiger partial charge in [0.25, 0.3) is 0 Å². The quantitative estimate of drug-likeness (QED) is 0.767. The van der Waals surface area contributed by atoms with Crippen LogP contribution in [-0.4, -0.2) is 31.8 Å². The van der Waals surface area contributed by atoms with Crippen molar-refractivity contribution in [1.29, 1.82) is 0 Å². The van der Waals surface area contributed by atoms with Crippen LogP contribution in [0.2, 0.25) is 0 Å². The fraction of sp³-hybridized carbons (Fsp3) is 0.500. The number of sulfone groups is 1. The summed E-state index contributed by atoms with van der Waals surface area (Å²) < 4.78 is 25.3. The molecular formula is C16H22BrN5O2S. The number of nitrogens with zero attached hydrogens (tertiary/aromatic N) is 3. The van der Waals surface area contributed by atoms with Crippen molar-refractivity contribution < 1.29 is 8.42 Å². The van der Waals surface area contributed by atoms with E-state index in [1.54, 1.807) is 25.1 Å². The average molecular weight is 428 g/mol. The summed E-state index contributed by atoms with van der Waals surface area (Å²) in [6, 6.07) is 4.96. The second-order valence-electron chi connectivity index (χ2n) is 6.34. The molecule has 0 atom stereocenters. The highest BCUT2D eigenvalue weighted by Gasteiger charge is 2.43. The van der Waals surface area contributed by atoms with Crippen LogP contribution in [0.5, 0.6) is 0 Å². The van der Waals surface area contributed by atoms with E-state index in [0.29, 0.717) is 5.69 Å². The second kappa shape index (κ2) is 6.60. The molecule has 0 bridgehead atoms. The zero-order valence-corrected chi connectivity index (χ0v) is 16.5. The molecule has 7 nitrogen and oxygen atoms in total. The first-order chi connectivity index (χ1) is 11.8. The molecule has 0 aromatic heterocycles. The lowest BCUT2D eigenvalue weighted by Gasteiger charge is -2.46. The summed E-state index contributed by atoms with van der Waals surface area (Å²) in [4.78, 5) is 10.8. The summed E-state index contributed by atoms with van der Waals surface area (Å²) in [6.45, 7) is 1.63. The number of hydrogen-bond acceptors (Lipinski definition) is 7. The second-order valence-corrected chi connectivity index (χ2v) is 9.47. The van der Waals surface area contributed by atoms with Crippen molar-refractivity contribution in [2.45, 2.75) is 49.6 Å². The molecule has 25 heavy (non-hydrogen) atoms. The summed E-state index contributed by atoms with van der Waals surface area (Å²) >= 11 is 3.52. The van der Waals surface area contributed by atoms with Gasteiger partial charge in [0.15, 0.2) is 9.84 Å². The fourth-order valence-corrected chi connectivity index (χ4v) is 4.82. The van der Waals surface area contributed by atoms with E-state index >= 15 is 0 Å². The van der Waals surface area contributed by atoms with E-state index in [1.165, 1.54) is 0 Å². The smallest absolute Gasteiger partial charge is 0.220 e. The number of rotatable bonds is 3. The molecule has 4 N–H and O–H groups in total. The van der Waals surface area contributed by atoms with Crippen molar-refractivity contribution in [3.63, 3.8) is 0 Å². The Hall–Kier alpha value is -1.61. The van der Waals surface area contributed by atoms with Gasteiger partial charge < -0.3 is 11.5 Å². The van der Waals surface area contributed by atoms with Crippen LogP contribution in [0, 0.1) is 0 Å². The maximum atomic E-state index is 12.3. The third-order valence-corrected chi connectivity index (χ3v) is 7.15. The minimum atomic E-state index is -3.34. The molecule has 0 amide bonds. The van der Waals surface area contributed by atoms with Gasteiger partial charge in [-0.05, 0) is 59.8 Å². The van der Waals surface area contributed by atoms with Crippen LogP contribution in [0.1, 0.15) is 39.0 Å². The fourth-order valence-electron chi connectivity index (χ4n) is 3.49. The van der Waals surface area contributed by atoms with Gasteiger partial charge in [0, 0.05) is 4.47 Å². The minimum absolute atomic E-state index is 0.0356. The van der Waals surface area contributed by atoms with Crippen LogP contribution in [-0.2, 0) is 9.84 Å². The molecule has 1 aliphatic carbocycles. The van der Waals surface area contributed by atoms with E-state index < -0.39 is 15.5 Å². The Bertz CT molecular complexity index is 844. The Morgan fingerprint density at radius 1 is 1.24 bits per heavy atom. The highest BCUT2D eigenvalue weighted by Crippen LogP contribution is 2.42. The van der Waals surface area contributed by atoms with Crippen molar-refractivity contribution in [3.8, 4) is 0 Å². The van der Waals surface area contributed by atoms with E-state index in [2.05, 4.69) is 25.9 Å². The van der Waals surface area contributed by atoms with Gasteiger partial charge in [-0.15, -0.1) is 0 Å². The number of anilines is 1. The summed E-state index contributed by atoms with van der Waals surface area (Å²) in [5.41, 5.74) is 12.1. The lowest BCUT2D eigenvalue weighted by molar-refractivity contribution is 0.305.